The van der Waals surface area contributed by atoms with E-state index >= 15 is 0 Å². The fourth-order valence-corrected chi connectivity index (χ4v) is 5.06. The van der Waals surface area contributed by atoms with Gasteiger partial charge in [0.25, 0.3) is 5.91 Å². The first kappa shape index (κ1) is 18.8. The molecule has 7 heteroatoms. The summed E-state index contributed by atoms with van der Waals surface area (Å²) in [5, 5.41) is 1.89. The number of esters is 1. The molecule has 4 rings (SSSR count). The van der Waals surface area contributed by atoms with Crippen LogP contribution >= 0.6 is 22.7 Å². The van der Waals surface area contributed by atoms with Gasteiger partial charge in [-0.2, -0.15) is 4.99 Å². The van der Waals surface area contributed by atoms with Gasteiger partial charge in [0.05, 0.1) is 0 Å². The van der Waals surface area contributed by atoms with Crippen molar-refractivity contribution in [3.05, 3.63) is 73.2 Å². The van der Waals surface area contributed by atoms with Gasteiger partial charge in [-0.25, -0.2) is 4.79 Å². The van der Waals surface area contributed by atoms with E-state index in [9.17, 15) is 9.59 Å². The second-order valence-electron chi connectivity index (χ2n) is 6.79. The summed E-state index contributed by atoms with van der Waals surface area (Å²) < 4.78 is 7.09. The van der Waals surface area contributed by atoms with Crippen molar-refractivity contribution in [2.24, 2.45) is 4.99 Å². The zero-order valence-corrected chi connectivity index (χ0v) is 17.1. The Bertz CT molecular complexity index is 1050. The number of fused-ring (bicyclic) bond motifs is 1. The lowest BCUT2D eigenvalue weighted by Crippen LogP contribution is -2.19. The molecule has 0 spiro atoms. The molecule has 144 valence electrons. The van der Waals surface area contributed by atoms with Crippen molar-refractivity contribution in [2.45, 2.75) is 32.7 Å². The molecule has 0 radical (unpaired) electrons. The Morgan fingerprint density at radius 2 is 2.04 bits per heavy atom. The molecule has 0 saturated heterocycles. The molecule has 2 heterocycles. The van der Waals surface area contributed by atoms with Crippen LogP contribution in [0, 0.1) is 6.92 Å². The third-order valence-corrected chi connectivity index (χ3v) is 6.64. The van der Waals surface area contributed by atoms with E-state index in [1.807, 2.05) is 29.1 Å². The number of ether oxygens (including phenoxy) is 1. The lowest BCUT2D eigenvalue weighted by atomic mass is 10.1. The van der Waals surface area contributed by atoms with Crippen LogP contribution in [0.5, 0.6) is 0 Å². The first-order valence-corrected chi connectivity index (χ1v) is 10.8. The minimum absolute atomic E-state index is 0.343. The van der Waals surface area contributed by atoms with E-state index in [0.29, 0.717) is 16.2 Å². The Balaban J connectivity index is 1.39. The minimum atomic E-state index is -0.461. The molecule has 1 aromatic carbocycles. The maximum atomic E-state index is 12.2. The Kier molecular flexibility index (Phi) is 5.54. The van der Waals surface area contributed by atoms with E-state index in [2.05, 4.69) is 29.3 Å². The van der Waals surface area contributed by atoms with Crippen LogP contribution < -0.4 is 4.80 Å². The zero-order chi connectivity index (χ0) is 19.5. The molecule has 3 aromatic rings. The quantitative estimate of drug-likeness (QED) is 0.600. The van der Waals surface area contributed by atoms with Crippen LogP contribution in [0.1, 0.15) is 37.7 Å². The Morgan fingerprint density at radius 3 is 2.82 bits per heavy atom. The van der Waals surface area contributed by atoms with Crippen molar-refractivity contribution in [1.82, 2.24) is 4.57 Å². The second-order valence-corrected chi connectivity index (χ2v) is 8.80. The molecule has 0 saturated carbocycles. The normalized spacial score (nSPS) is 13.5. The highest BCUT2D eigenvalue weighted by Crippen LogP contribution is 2.30. The highest BCUT2D eigenvalue weighted by atomic mass is 32.1. The molecule has 5 nitrogen and oxygen atoms in total. The number of aromatic nitrogens is 1. The van der Waals surface area contributed by atoms with Gasteiger partial charge in [0.2, 0.25) is 0 Å². The summed E-state index contributed by atoms with van der Waals surface area (Å²) >= 11 is 2.86. The first-order chi connectivity index (χ1) is 13.6. The van der Waals surface area contributed by atoms with Gasteiger partial charge in [-0.1, -0.05) is 29.8 Å². The lowest BCUT2D eigenvalue weighted by molar-refractivity contribution is -0.121. The van der Waals surface area contributed by atoms with Crippen molar-refractivity contribution < 1.29 is 14.3 Å². The zero-order valence-electron chi connectivity index (χ0n) is 15.5. The SMILES string of the molecule is Cc1ccc(Cn2ccsc2=NC(=O)COC(=O)c2cc3c(s2)CCC3)cc1. The lowest BCUT2D eigenvalue weighted by Gasteiger charge is -2.04. The predicted molar refractivity (Wildman–Crippen MR) is 110 cm³/mol. The molecule has 28 heavy (non-hydrogen) atoms. The van der Waals surface area contributed by atoms with Gasteiger partial charge in [0.1, 0.15) is 4.88 Å². The number of benzene rings is 1. The van der Waals surface area contributed by atoms with Gasteiger partial charge in [-0.15, -0.1) is 22.7 Å². The summed E-state index contributed by atoms with van der Waals surface area (Å²) in [5.74, 6) is -0.904. The average molecular weight is 413 g/mol. The summed E-state index contributed by atoms with van der Waals surface area (Å²) in [6.45, 7) is 2.34. The van der Waals surface area contributed by atoms with Gasteiger partial charge < -0.3 is 9.30 Å². The predicted octanol–water partition coefficient (Wildman–Crippen LogP) is 3.74. The van der Waals surface area contributed by atoms with E-state index in [1.165, 1.54) is 38.7 Å². The van der Waals surface area contributed by atoms with Crippen LogP contribution in [-0.2, 0) is 28.9 Å². The van der Waals surface area contributed by atoms with Gasteiger partial charge in [-0.3, -0.25) is 4.79 Å². The van der Waals surface area contributed by atoms with Gasteiger partial charge in [0.15, 0.2) is 11.4 Å². The molecular formula is C21H20N2O3S2. The standard InChI is InChI=1S/C21H20N2O3S2/c1-14-5-7-15(8-6-14)12-23-9-10-27-21(23)22-19(24)13-26-20(25)18-11-16-3-2-4-17(16)28-18/h5-11H,2-4,12-13H2,1H3. The summed E-state index contributed by atoms with van der Waals surface area (Å²) in [6.07, 6.45) is 5.10. The number of hydrogen-bond acceptors (Lipinski definition) is 5. The smallest absolute Gasteiger partial charge is 0.348 e. The van der Waals surface area contributed by atoms with E-state index in [0.717, 1.165) is 24.8 Å². The number of aryl methyl sites for hydroxylation is 3. The van der Waals surface area contributed by atoms with Gasteiger partial charge in [-0.05, 0) is 43.4 Å². The molecule has 0 N–H and O–H groups in total. The van der Waals surface area contributed by atoms with E-state index in [-0.39, 0.29) is 6.61 Å². The third kappa shape index (κ3) is 4.31. The molecule has 0 atom stereocenters. The van der Waals surface area contributed by atoms with Crippen molar-refractivity contribution in [3.8, 4) is 0 Å². The molecule has 0 bridgehead atoms. The average Bonchev–Trinajstić information content (AvgIpc) is 3.38. The molecule has 2 aromatic heterocycles. The van der Waals surface area contributed by atoms with Crippen molar-refractivity contribution in [2.75, 3.05) is 6.61 Å². The molecule has 0 unspecified atom stereocenters. The van der Waals surface area contributed by atoms with Crippen LogP contribution in [0.2, 0.25) is 0 Å². The Labute approximate surface area is 171 Å². The number of thiophene rings is 1. The summed E-state index contributed by atoms with van der Waals surface area (Å²) in [5.41, 5.74) is 3.58. The summed E-state index contributed by atoms with van der Waals surface area (Å²) in [4.78, 5) is 30.9. The summed E-state index contributed by atoms with van der Waals surface area (Å²) in [6, 6.07) is 10.1. The van der Waals surface area contributed by atoms with Crippen molar-refractivity contribution in [3.63, 3.8) is 0 Å². The first-order valence-electron chi connectivity index (χ1n) is 9.14. The largest absolute Gasteiger partial charge is 0.451 e. The number of rotatable bonds is 5. The topological polar surface area (TPSA) is 60.7 Å². The molecule has 1 aliphatic rings. The van der Waals surface area contributed by atoms with Crippen LogP contribution in [0.4, 0.5) is 0 Å². The monoisotopic (exact) mass is 412 g/mol. The number of nitrogens with zero attached hydrogens (tertiary/aromatic N) is 2. The maximum absolute atomic E-state index is 12.2. The van der Waals surface area contributed by atoms with Crippen LogP contribution in [0.3, 0.4) is 0 Å². The Morgan fingerprint density at radius 1 is 1.21 bits per heavy atom. The number of carbonyl (C=O) groups excluding carboxylic acids is 2. The van der Waals surface area contributed by atoms with Gasteiger partial charge >= 0.3 is 5.97 Å². The number of amides is 1. The summed E-state index contributed by atoms with van der Waals surface area (Å²) in [7, 11) is 0. The van der Waals surface area contributed by atoms with E-state index in [4.69, 9.17) is 4.74 Å². The molecule has 1 amide bonds. The number of hydrogen-bond donors (Lipinski definition) is 0. The van der Waals surface area contributed by atoms with Crippen molar-refractivity contribution in [1.29, 1.82) is 0 Å². The van der Waals surface area contributed by atoms with Gasteiger partial charge in [0, 0.05) is 23.0 Å². The minimum Gasteiger partial charge on any atom is -0.451 e. The van der Waals surface area contributed by atoms with Crippen molar-refractivity contribution >= 4 is 34.6 Å². The third-order valence-electron chi connectivity index (χ3n) is 4.63. The van der Waals surface area contributed by atoms with E-state index < -0.39 is 11.9 Å². The number of carbonyl (C=O) groups is 2. The Hall–Kier alpha value is -2.51. The fraction of sp³-hybridized carbons (Fsp3) is 0.286. The molecule has 1 aliphatic carbocycles. The van der Waals surface area contributed by atoms with Crippen LogP contribution in [0.25, 0.3) is 0 Å². The molecular weight excluding hydrogens is 392 g/mol. The highest BCUT2D eigenvalue weighted by molar-refractivity contribution is 7.14. The van der Waals surface area contributed by atoms with E-state index in [1.54, 1.807) is 0 Å². The molecule has 0 fully saturated rings. The van der Waals surface area contributed by atoms with Crippen LogP contribution in [-0.4, -0.2) is 23.1 Å². The number of thiazole rings is 1. The fourth-order valence-electron chi connectivity index (χ4n) is 3.16. The maximum Gasteiger partial charge on any atom is 0.348 e. The second kappa shape index (κ2) is 8.24. The van der Waals surface area contributed by atoms with Crippen LogP contribution in [0.15, 0.2) is 46.9 Å². The molecule has 0 aliphatic heterocycles. The highest BCUT2D eigenvalue weighted by Gasteiger charge is 2.19.